The van der Waals surface area contributed by atoms with E-state index in [1.54, 1.807) is 36.2 Å². The van der Waals surface area contributed by atoms with E-state index in [0.717, 1.165) is 22.4 Å². The van der Waals surface area contributed by atoms with Crippen molar-refractivity contribution in [2.45, 2.75) is 20.4 Å². The lowest BCUT2D eigenvalue weighted by Gasteiger charge is -2.18. The standard InChI is InChI=1S/C20H23NO4/c1-14-5-10-18(15(2)11-14)25-13-19(22)21(3)12-16-6-8-17(9-7-16)20(23)24-4/h5-11H,12-13H2,1-4H3. The van der Waals surface area contributed by atoms with Crippen LogP contribution < -0.4 is 4.74 Å². The van der Waals surface area contributed by atoms with Crippen LogP contribution in [0.15, 0.2) is 42.5 Å². The van der Waals surface area contributed by atoms with E-state index in [-0.39, 0.29) is 18.5 Å². The molecule has 0 aliphatic heterocycles. The van der Waals surface area contributed by atoms with Gasteiger partial charge in [-0.3, -0.25) is 4.79 Å². The Morgan fingerprint density at radius 3 is 2.32 bits per heavy atom. The number of methoxy groups -OCH3 is 1. The van der Waals surface area contributed by atoms with Gasteiger partial charge in [-0.05, 0) is 43.2 Å². The zero-order chi connectivity index (χ0) is 18.4. The van der Waals surface area contributed by atoms with Crippen LogP contribution in [0.25, 0.3) is 0 Å². The number of hydrogen-bond donors (Lipinski definition) is 0. The van der Waals surface area contributed by atoms with Crippen molar-refractivity contribution in [2.24, 2.45) is 0 Å². The van der Waals surface area contributed by atoms with Crippen LogP contribution in [0.4, 0.5) is 0 Å². The zero-order valence-electron chi connectivity index (χ0n) is 15.0. The Balaban J connectivity index is 1.90. The van der Waals surface area contributed by atoms with Gasteiger partial charge < -0.3 is 14.4 Å². The van der Waals surface area contributed by atoms with Crippen molar-refractivity contribution in [2.75, 3.05) is 20.8 Å². The van der Waals surface area contributed by atoms with Crippen molar-refractivity contribution in [3.63, 3.8) is 0 Å². The zero-order valence-corrected chi connectivity index (χ0v) is 15.0. The Morgan fingerprint density at radius 1 is 1.04 bits per heavy atom. The van der Waals surface area contributed by atoms with Gasteiger partial charge in [-0.1, -0.05) is 29.8 Å². The number of amides is 1. The first-order valence-corrected chi connectivity index (χ1v) is 8.02. The summed E-state index contributed by atoms with van der Waals surface area (Å²) in [5.41, 5.74) is 3.57. The number of carbonyl (C=O) groups is 2. The fourth-order valence-electron chi connectivity index (χ4n) is 2.44. The summed E-state index contributed by atoms with van der Waals surface area (Å²) in [4.78, 5) is 25.3. The van der Waals surface area contributed by atoms with E-state index in [4.69, 9.17) is 4.74 Å². The number of esters is 1. The summed E-state index contributed by atoms with van der Waals surface area (Å²) in [5.74, 6) is 0.227. The van der Waals surface area contributed by atoms with Gasteiger partial charge >= 0.3 is 5.97 Å². The van der Waals surface area contributed by atoms with Gasteiger partial charge in [0.1, 0.15) is 5.75 Å². The van der Waals surface area contributed by atoms with Crippen LogP contribution >= 0.6 is 0 Å². The molecule has 1 amide bonds. The minimum atomic E-state index is -0.377. The fraction of sp³-hybridized carbons (Fsp3) is 0.300. The largest absolute Gasteiger partial charge is 0.484 e. The summed E-state index contributed by atoms with van der Waals surface area (Å²) < 4.78 is 10.3. The van der Waals surface area contributed by atoms with E-state index < -0.39 is 0 Å². The molecule has 5 nitrogen and oxygen atoms in total. The summed E-state index contributed by atoms with van der Waals surface area (Å²) in [7, 11) is 3.07. The minimum Gasteiger partial charge on any atom is -0.484 e. The summed E-state index contributed by atoms with van der Waals surface area (Å²) in [5, 5.41) is 0. The van der Waals surface area contributed by atoms with Gasteiger partial charge in [-0.15, -0.1) is 0 Å². The molecule has 0 bridgehead atoms. The van der Waals surface area contributed by atoms with Gasteiger partial charge in [0.2, 0.25) is 0 Å². The van der Waals surface area contributed by atoms with Gasteiger partial charge in [0, 0.05) is 13.6 Å². The van der Waals surface area contributed by atoms with Crippen molar-refractivity contribution in [3.8, 4) is 5.75 Å². The first kappa shape index (κ1) is 18.5. The second kappa shape index (κ2) is 8.33. The fourth-order valence-corrected chi connectivity index (χ4v) is 2.44. The number of rotatable bonds is 6. The normalized spacial score (nSPS) is 10.2. The summed E-state index contributed by atoms with van der Waals surface area (Å²) in [6.45, 7) is 4.40. The maximum absolute atomic E-state index is 12.2. The molecule has 2 aromatic carbocycles. The van der Waals surface area contributed by atoms with Gasteiger partial charge in [-0.2, -0.15) is 0 Å². The van der Waals surface area contributed by atoms with Gasteiger partial charge in [-0.25, -0.2) is 4.79 Å². The number of benzene rings is 2. The molecule has 25 heavy (non-hydrogen) atoms. The third-order valence-corrected chi connectivity index (χ3v) is 3.90. The monoisotopic (exact) mass is 341 g/mol. The van der Waals surface area contributed by atoms with Crippen molar-refractivity contribution in [1.29, 1.82) is 0 Å². The molecule has 2 aromatic rings. The molecule has 0 N–H and O–H groups in total. The Labute approximate surface area is 148 Å². The number of carbonyl (C=O) groups excluding carboxylic acids is 2. The second-order valence-electron chi connectivity index (χ2n) is 6.00. The van der Waals surface area contributed by atoms with Crippen molar-refractivity contribution < 1.29 is 19.1 Å². The average molecular weight is 341 g/mol. The number of nitrogens with zero attached hydrogens (tertiary/aromatic N) is 1. The highest BCUT2D eigenvalue weighted by molar-refractivity contribution is 5.89. The molecule has 5 heteroatoms. The third kappa shape index (κ3) is 5.08. The van der Waals surface area contributed by atoms with E-state index in [1.165, 1.54) is 7.11 Å². The molecule has 0 aromatic heterocycles. The van der Waals surface area contributed by atoms with Crippen molar-refractivity contribution in [3.05, 3.63) is 64.7 Å². The van der Waals surface area contributed by atoms with Crippen LogP contribution in [0, 0.1) is 13.8 Å². The topological polar surface area (TPSA) is 55.8 Å². The van der Waals surface area contributed by atoms with Crippen LogP contribution in [0.5, 0.6) is 5.75 Å². The number of likely N-dealkylation sites (N-methyl/N-ethyl adjacent to an activating group) is 1. The van der Waals surface area contributed by atoms with Crippen molar-refractivity contribution >= 4 is 11.9 Å². The van der Waals surface area contributed by atoms with E-state index >= 15 is 0 Å². The molecule has 0 heterocycles. The Hall–Kier alpha value is -2.82. The molecule has 0 saturated carbocycles. The van der Waals surface area contributed by atoms with Crippen LogP contribution in [0.3, 0.4) is 0 Å². The number of hydrogen-bond acceptors (Lipinski definition) is 4. The molecule has 0 saturated heterocycles. The van der Waals surface area contributed by atoms with E-state index in [1.807, 2.05) is 32.0 Å². The minimum absolute atomic E-state index is 0.0132. The second-order valence-corrected chi connectivity index (χ2v) is 6.00. The van der Waals surface area contributed by atoms with Crippen molar-refractivity contribution in [1.82, 2.24) is 4.90 Å². The molecule has 2 rings (SSSR count). The van der Waals surface area contributed by atoms with Gasteiger partial charge in [0.05, 0.1) is 12.7 Å². The lowest BCUT2D eigenvalue weighted by Crippen LogP contribution is -2.31. The smallest absolute Gasteiger partial charge is 0.337 e. The molecule has 0 atom stereocenters. The SMILES string of the molecule is COC(=O)c1ccc(CN(C)C(=O)COc2ccc(C)cc2C)cc1. The lowest BCUT2D eigenvalue weighted by molar-refractivity contribution is -0.132. The molecule has 132 valence electrons. The van der Waals surface area contributed by atoms with E-state index in [2.05, 4.69) is 4.74 Å². The Morgan fingerprint density at radius 2 is 1.72 bits per heavy atom. The average Bonchev–Trinajstić information content (AvgIpc) is 2.60. The van der Waals surface area contributed by atoms with Gasteiger partial charge in [0.15, 0.2) is 6.61 Å². The van der Waals surface area contributed by atoms with Crippen LogP contribution in [0.2, 0.25) is 0 Å². The molecule has 0 unspecified atom stereocenters. The molecule has 0 aliphatic rings. The summed E-state index contributed by atoms with van der Waals surface area (Å²) in [6, 6.07) is 12.8. The van der Waals surface area contributed by atoms with E-state index in [9.17, 15) is 9.59 Å². The predicted molar refractivity (Wildman–Crippen MR) is 95.7 cm³/mol. The molecule has 0 radical (unpaired) electrons. The Kier molecular flexibility index (Phi) is 6.17. The van der Waals surface area contributed by atoms with Gasteiger partial charge in [0.25, 0.3) is 5.91 Å². The van der Waals surface area contributed by atoms with Crippen LogP contribution in [-0.4, -0.2) is 37.5 Å². The molecular formula is C20H23NO4. The lowest BCUT2D eigenvalue weighted by atomic mass is 10.1. The maximum atomic E-state index is 12.2. The first-order valence-electron chi connectivity index (χ1n) is 8.02. The van der Waals surface area contributed by atoms with E-state index in [0.29, 0.717) is 12.1 Å². The Bertz CT molecular complexity index is 753. The molecule has 0 fully saturated rings. The van der Waals surface area contributed by atoms with Crippen LogP contribution in [0.1, 0.15) is 27.0 Å². The summed E-state index contributed by atoms with van der Waals surface area (Å²) >= 11 is 0. The third-order valence-electron chi connectivity index (χ3n) is 3.90. The maximum Gasteiger partial charge on any atom is 0.337 e. The molecule has 0 aliphatic carbocycles. The number of ether oxygens (including phenoxy) is 2. The molecular weight excluding hydrogens is 318 g/mol. The highest BCUT2D eigenvalue weighted by Gasteiger charge is 2.12. The highest BCUT2D eigenvalue weighted by atomic mass is 16.5. The quantitative estimate of drug-likeness (QED) is 0.758. The highest BCUT2D eigenvalue weighted by Crippen LogP contribution is 2.18. The number of aryl methyl sites for hydroxylation is 2. The summed E-state index contributed by atoms with van der Waals surface area (Å²) in [6.07, 6.45) is 0. The molecule has 0 spiro atoms. The predicted octanol–water partition coefficient (Wildman–Crippen LogP) is 3.13. The first-order chi connectivity index (χ1) is 11.9. The van der Waals surface area contributed by atoms with Crippen LogP contribution in [-0.2, 0) is 16.1 Å².